The molecule has 0 unspecified atom stereocenters. The fourth-order valence-electron chi connectivity index (χ4n) is 3.26. The van der Waals surface area contributed by atoms with Crippen LogP contribution in [-0.4, -0.2) is 34.2 Å². The van der Waals surface area contributed by atoms with E-state index in [9.17, 15) is 13.6 Å². The van der Waals surface area contributed by atoms with E-state index < -0.39 is 17.7 Å². The molecule has 0 bridgehead atoms. The summed E-state index contributed by atoms with van der Waals surface area (Å²) in [4.78, 5) is 23.0. The molecule has 1 atom stereocenters. The Labute approximate surface area is 160 Å². The van der Waals surface area contributed by atoms with Crippen LogP contribution >= 0.6 is 0 Å². The summed E-state index contributed by atoms with van der Waals surface area (Å²) in [6.45, 7) is 1.12. The van der Waals surface area contributed by atoms with Gasteiger partial charge in [0.25, 0.3) is 5.56 Å². The van der Waals surface area contributed by atoms with E-state index in [2.05, 4.69) is 9.97 Å². The average Bonchev–Trinajstić information content (AvgIpc) is 2.70. The molecule has 0 N–H and O–H groups in total. The lowest BCUT2D eigenvalue weighted by Crippen LogP contribution is -2.42. The highest BCUT2D eigenvalue weighted by Crippen LogP contribution is 2.28. The van der Waals surface area contributed by atoms with Crippen molar-refractivity contribution in [2.75, 3.05) is 24.6 Å². The van der Waals surface area contributed by atoms with Crippen LogP contribution in [0, 0.1) is 11.6 Å². The predicted octanol–water partition coefficient (Wildman–Crippen LogP) is 2.70. The number of morpholine rings is 1. The van der Waals surface area contributed by atoms with E-state index >= 15 is 0 Å². The summed E-state index contributed by atoms with van der Waals surface area (Å²) >= 11 is 0. The van der Waals surface area contributed by atoms with E-state index in [1.54, 1.807) is 31.6 Å². The molecular formula is C20H18F2N4O2. The Morgan fingerprint density at radius 3 is 2.68 bits per heavy atom. The fourth-order valence-corrected chi connectivity index (χ4v) is 3.26. The first-order valence-corrected chi connectivity index (χ1v) is 8.83. The van der Waals surface area contributed by atoms with Crippen LogP contribution in [0.4, 0.5) is 14.7 Å². The molecule has 1 aromatic carbocycles. The summed E-state index contributed by atoms with van der Waals surface area (Å²) < 4.78 is 34.5. The number of aromatic nitrogens is 3. The van der Waals surface area contributed by atoms with Gasteiger partial charge < -0.3 is 9.64 Å². The molecule has 2 aromatic heterocycles. The number of anilines is 1. The first-order valence-electron chi connectivity index (χ1n) is 8.83. The minimum atomic E-state index is -0.653. The number of nitrogens with zero attached hydrogens (tertiary/aromatic N) is 4. The first-order chi connectivity index (χ1) is 13.5. The van der Waals surface area contributed by atoms with E-state index in [1.807, 2.05) is 4.90 Å². The minimum absolute atomic E-state index is 0.201. The summed E-state index contributed by atoms with van der Waals surface area (Å²) in [6, 6.07) is 8.46. The van der Waals surface area contributed by atoms with Crippen molar-refractivity contribution in [3.8, 4) is 11.3 Å². The van der Waals surface area contributed by atoms with Gasteiger partial charge in [-0.25, -0.2) is 13.8 Å². The Bertz CT molecular complexity index is 1060. The predicted molar refractivity (Wildman–Crippen MR) is 100.0 cm³/mol. The zero-order valence-corrected chi connectivity index (χ0v) is 15.2. The largest absolute Gasteiger partial charge is 0.370 e. The van der Waals surface area contributed by atoms with E-state index in [0.717, 1.165) is 11.6 Å². The summed E-state index contributed by atoms with van der Waals surface area (Å²) in [7, 11) is 1.64. The van der Waals surface area contributed by atoms with Crippen LogP contribution < -0.4 is 10.5 Å². The van der Waals surface area contributed by atoms with Crippen molar-refractivity contribution in [2.24, 2.45) is 7.05 Å². The molecule has 6 nitrogen and oxygen atoms in total. The third kappa shape index (κ3) is 3.50. The van der Waals surface area contributed by atoms with Crippen LogP contribution in [0.15, 0.2) is 53.6 Å². The summed E-state index contributed by atoms with van der Waals surface area (Å²) in [5.74, 6) is -0.822. The number of halogens is 2. The number of rotatable bonds is 3. The summed E-state index contributed by atoms with van der Waals surface area (Å²) in [5, 5.41) is 0. The van der Waals surface area contributed by atoms with Gasteiger partial charge in [0.2, 0.25) is 5.95 Å². The van der Waals surface area contributed by atoms with Crippen molar-refractivity contribution >= 4 is 5.95 Å². The van der Waals surface area contributed by atoms with E-state index in [-0.39, 0.29) is 11.1 Å². The van der Waals surface area contributed by atoms with Crippen molar-refractivity contribution in [1.29, 1.82) is 0 Å². The Kier molecular flexibility index (Phi) is 4.87. The Balaban J connectivity index is 1.68. The maximum absolute atomic E-state index is 14.2. The molecular weight excluding hydrogens is 366 g/mol. The second-order valence-corrected chi connectivity index (χ2v) is 6.55. The lowest BCUT2D eigenvalue weighted by molar-refractivity contribution is 0.0366. The average molecular weight is 384 g/mol. The van der Waals surface area contributed by atoms with Gasteiger partial charge in [-0.05, 0) is 18.2 Å². The monoisotopic (exact) mass is 384 g/mol. The number of hydrogen-bond acceptors (Lipinski definition) is 5. The summed E-state index contributed by atoms with van der Waals surface area (Å²) in [5.41, 5.74) is 1.40. The van der Waals surface area contributed by atoms with Crippen molar-refractivity contribution in [1.82, 2.24) is 14.5 Å². The van der Waals surface area contributed by atoms with Crippen molar-refractivity contribution in [3.05, 3.63) is 76.3 Å². The number of ether oxygens (including phenoxy) is 1. The van der Waals surface area contributed by atoms with Gasteiger partial charge >= 0.3 is 0 Å². The number of hydrogen-bond donors (Lipinski definition) is 0. The highest BCUT2D eigenvalue weighted by Gasteiger charge is 2.27. The highest BCUT2D eigenvalue weighted by atomic mass is 19.1. The van der Waals surface area contributed by atoms with E-state index in [0.29, 0.717) is 31.3 Å². The van der Waals surface area contributed by atoms with Gasteiger partial charge in [0.15, 0.2) is 0 Å². The summed E-state index contributed by atoms with van der Waals surface area (Å²) in [6.07, 6.45) is 2.68. The SMILES string of the molecule is Cn1c(N2CCO[C@@H](c3ccc(F)cc3F)C2)nc(-c2ccncc2)cc1=O. The molecule has 1 saturated heterocycles. The van der Waals surface area contributed by atoms with Gasteiger partial charge in [-0.2, -0.15) is 0 Å². The van der Waals surface area contributed by atoms with Gasteiger partial charge in [-0.3, -0.25) is 14.3 Å². The molecule has 1 aliphatic rings. The lowest BCUT2D eigenvalue weighted by Gasteiger charge is -2.34. The first kappa shape index (κ1) is 18.2. The van der Waals surface area contributed by atoms with Gasteiger partial charge in [-0.1, -0.05) is 6.07 Å². The molecule has 0 radical (unpaired) electrons. The van der Waals surface area contributed by atoms with Crippen LogP contribution in [0.3, 0.4) is 0 Å². The maximum Gasteiger partial charge on any atom is 0.255 e. The smallest absolute Gasteiger partial charge is 0.255 e. The van der Waals surface area contributed by atoms with Crippen molar-refractivity contribution < 1.29 is 13.5 Å². The topological polar surface area (TPSA) is 60.2 Å². The van der Waals surface area contributed by atoms with E-state index in [1.165, 1.54) is 22.8 Å². The minimum Gasteiger partial charge on any atom is -0.370 e. The molecule has 0 aliphatic carbocycles. The maximum atomic E-state index is 14.2. The molecule has 0 saturated carbocycles. The normalized spacial score (nSPS) is 17.0. The zero-order valence-electron chi connectivity index (χ0n) is 15.2. The Morgan fingerprint density at radius 1 is 1.14 bits per heavy atom. The second kappa shape index (κ2) is 7.47. The molecule has 1 fully saturated rings. The van der Waals surface area contributed by atoms with Gasteiger partial charge in [-0.15, -0.1) is 0 Å². The van der Waals surface area contributed by atoms with E-state index in [4.69, 9.17) is 4.74 Å². The third-order valence-electron chi connectivity index (χ3n) is 4.75. The van der Waals surface area contributed by atoms with Crippen molar-refractivity contribution in [2.45, 2.75) is 6.10 Å². The van der Waals surface area contributed by atoms with Gasteiger partial charge in [0.05, 0.1) is 18.8 Å². The number of benzene rings is 1. The Morgan fingerprint density at radius 2 is 1.93 bits per heavy atom. The van der Waals surface area contributed by atoms with Crippen LogP contribution in [0.5, 0.6) is 0 Å². The van der Waals surface area contributed by atoms with Crippen LogP contribution in [-0.2, 0) is 11.8 Å². The van der Waals surface area contributed by atoms with Crippen molar-refractivity contribution in [3.63, 3.8) is 0 Å². The van der Waals surface area contributed by atoms with Crippen LogP contribution in [0.2, 0.25) is 0 Å². The molecule has 4 rings (SSSR count). The molecule has 144 valence electrons. The number of pyridine rings is 1. The molecule has 28 heavy (non-hydrogen) atoms. The van der Waals surface area contributed by atoms with Crippen LogP contribution in [0.1, 0.15) is 11.7 Å². The molecule has 3 heterocycles. The van der Waals surface area contributed by atoms with Gasteiger partial charge in [0.1, 0.15) is 17.7 Å². The molecule has 0 spiro atoms. The highest BCUT2D eigenvalue weighted by molar-refractivity contribution is 5.59. The third-order valence-corrected chi connectivity index (χ3v) is 4.75. The fraction of sp³-hybridized carbons (Fsp3) is 0.250. The standard InChI is InChI=1S/C20H18F2N4O2/c1-25-19(27)11-17(13-4-6-23-7-5-13)24-20(25)26-8-9-28-18(12-26)15-3-2-14(21)10-16(15)22/h2-7,10-11,18H,8-9,12H2,1H3/t18-/m1/s1. The van der Waals surface area contributed by atoms with Gasteiger partial charge in [0, 0.05) is 49.2 Å². The Hall–Kier alpha value is -3.13. The van der Waals surface area contributed by atoms with Crippen LogP contribution in [0.25, 0.3) is 11.3 Å². The second-order valence-electron chi connectivity index (χ2n) is 6.55. The molecule has 3 aromatic rings. The molecule has 1 aliphatic heterocycles. The molecule has 8 heteroatoms. The lowest BCUT2D eigenvalue weighted by atomic mass is 10.1. The quantitative estimate of drug-likeness (QED) is 0.695. The molecule has 0 amide bonds. The zero-order chi connectivity index (χ0) is 19.7.